The average Bonchev–Trinajstić information content (AvgIpc) is 3.14. The minimum absolute atomic E-state index is 0.105. The second-order valence-electron chi connectivity index (χ2n) is 5.83. The number of hydrogen-bond donors (Lipinski definition) is 2. The maximum atomic E-state index is 13.0. The lowest BCUT2D eigenvalue weighted by Gasteiger charge is -2.17. The van der Waals surface area contributed by atoms with E-state index in [0.29, 0.717) is 6.54 Å². The molecular weight excluding hydrogens is 323 g/mol. The van der Waals surface area contributed by atoms with Crippen LogP contribution in [0, 0.1) is 12.7 Å². The fourth-order valence-electron chi connectivity index (χ4n) is 2.75. The van der Waals surface area contributed by atoms with Crippen molar-refractivity contribution < 1.29 is 4.39 Å². The van der Waals surface area contributed by atoms with Gasteiger partial charge in [-0.15, -0.1) is 11.3 Å². The molecule has 3 aromatic rings. The van der Waals surface area contributed by atoms with E-state index in [1.54, 1.807) is 29.7 Å². The maximum Gasteiger partial charge on any atom is 0.123 e. The third kappa shape index (κ3) is 3.66. The Morgan fingerprint density at radius 2 is 2.04 bits per heavy atom. The first-order valence-corrected chi connectivity index (χ1v) is 8.68. The molecule has 1 atom stereocenters. The van der Waals surface area contributed by atoms with Crippen LogP contribution < -0.4 is 11.1 Å². The zero-order valence-electron chi connectivity index (χ0n) is 13.8. The van der Waals surface area contributed by atoms with Crippen LogP contribution in [-0.2, 0) is 13.5 Å². The van der Waals surface area contributed by atoms with Gasteiger partial charge in [-0.1, -0.05) is 12.1 Å². The lowest BCUT2D eigenvalue weighted by molar-refractivity contribution is 0.626. The topological polar surface area (TPSA) is 55.9 Å². The van der Waals surface area contributed by atoms with Gasteiger partial charge in [0.1, 0.15) is 5.82 Å². The van der Waals surface area contributed by atoms with E-state index in [4.69, 9.17) is 5.73 Å². The Labute approximate surface area is 145 Å². The van der Waals surface area contributed by atoms with Gasteiger partial charge >= 0.3 is 0 Å². The van der Waals surface area contributed by atoms with Crippen LogP contribution in [0.4, 0.5) is 9.39 Å². The Balaban J connectivity index is 1.74. The number of anilines is 1. The molecule has 3 N–H and O–H groups in total. The molecule has 0 bridgehead atoms. The van der Waals surface area contributed by atoms with Crippen LogP contribution in [0.2, 0.25) is 0 Å². The summed E-state index contributed by atoms with van der Waals surface area (Å²) in [5.41, 5.74) is 9.26. The van der Waals surface area contributed by atoms with Crippen LogP contribution in [0.3, 0.4) is 0 Å². The molecule has 4 nitrogen and oxygen atoms in total. The van der Waals surface area contributed by atoms with E-state index in [1.807, 2.05) is 17.8 Å². The monoisotopic (exact) mass is 344 g/mol. The van der Waals surface area contributed by atoms with E-state index in [-0.39, 0.29) is 11.9 Å². The average molecular weight is 344 g/mol. The molecule has 0 fully saturated rings. The molecule has 0 spiro atoms. The van der Waals surface area contributed by atoms with Gasteiger partial charge in [0.05, 0.1) is 10.7 Å². The zero-order chi connectivity index (χ0) is 17.1. The molecule has 0 aliphatic carbocycles. The molecule has 0 unspecified atom stereocenters. The van der Waals surface area contributed by atoms with Crippen molar-refractivity contribution in [3.05, 3.63) is 58.9 Å². The van der Waals surface area contributed by atoms with Crippen molar-refractivity contribution in [3.8, 4) is 11.3 Å². The number of halogens is 1. The van der Waals surface area contributed by atoms with Crippen molar-refractivity contribution >= 4 is 16.3 Å². The fraction of sp³-hybridized carbons (Fsp3) is 0.278. The number of aryl methyl sites for hydroxylation is 2. The summed E-state index contributed by atoms with van der Waals surface area (Å²) in [5.74, 6) is -0.217. The molecule has 126 valence electrons. The minimum Gasteiger partial charge on any atom is -0.373 e. The second-order valence-corrected chi connectivity index (χ2v) is 7.08. The van der Waals surface area contributed by atoms with Crippen molar-refractivity contribution in [3.63, 3.8) is 0 Å². The van der Waals surface area contributed by atoms with E-state index in [2.05, 4.69) is 23.4 Å². The van der Waals surface area contributed by atoms with Gasteiger partial charge in [-0.25, -0.2) is 4.39 Å². The highest BCUT2D eigenvalue weighted by atomic mass is 32.1. The van der Waals surface area contributed by atoms with E-state index in [9.17, 15) is 4.39 Å². The summed E-state index contributed by atoms with van der Waals surface area (Å²) in [7, 11) is 1.94. The number of benzene rings is 1. The molecule has 24 heavy (non-hydrogen) atoms. The number of nitrogens with two attached hydrogens (primary N) is 1. The highest BCUT2D eigenvalue weighted by Crippen LogP contribution is 2.34. The van der Waals surface area contributed by atoms with Gasteiger partial charge in [0, 0.05) is 36.3 Å². The first-order valence-electron chi connectivity index (χ1n) is 7.86. The standard InChI is InChI=1S/C18H21FN4S/c1-12-16(17-7-8-21-23(17)2)10-18(24-12)22-15(11-20)9-13-3-5-14(19)6-4-13/h3-8,10,15,22H,9,11,20H2,1-2H3/t15-/m0/s1. The zero-order valence-corrected chi connectivity index (χ0v) is 14.6. The highest BCUT2D eigenvalue weighted by Gasteiger charge is 2.14. The largest absolute Gasteiger partial charge is 0.373 e. The first kappa shape index (κ1) is 16.7. The fourth-order valence-corrected chi connectivity index (χ4v) is 3.75. The Bertz CT molecular complexity index is 807. The van der Waals surface area contributed by atoms with Gasteiger partial charge < -0.3 is 11.1 Å². The predicted octanol–water partition coefficient (Wildman–Crippen LogP) is 3.58. The molecule has 0 radical (unpaired) electrons. The number of nitrogens with zero attached hydrogens (tertiary/aromatic N) is 2. The van der Waals surface area contributed by atoms with Crippen LogP contribution in [0.1, 0.15) is 10.4 Å². The Morgan fingerprint density at radius 1 is 1.29 bits per heavy atom. The summed E-state index contributed by atoms with van der Waals surface area (Å²) in [6, 6.07) is 10.8. The van der Waals surface area contributed by atoms with Gasteiger partial charge in [-0.2, -0.15) is 5.10 Å². The van der Waals surface area contributed by atoms with Crippen LogP contribution in [0.5, 0.6) is 0 Å². The quantitative estimate of drug-likeness (QED) is 0.719. The van der Waals surface area contributed by atoms with Gasteiger partial charge in [0.2, 0.25) is 0 Å². The predicted molar refractivity (Wildman–Crippen MR) is 97.8 cm³/mol. The number of hydrogen-bond acceptors (Lipinski definition) is 4. The summed E-state index contributed by atoms with van der Waals surface area (Å²) in [4.78, 5) is 1.23. The Kier molecular flexibility index (Phi) is 4.97. The second kappa shape index (κ2) is 7.15. The minimum atomic E-state index is -0.217. The van der Waals surface area contributed by atoms with Crippen molar-refractivity contribution in [2.75, 3.05) is 11.9 Å². The van der Waals surface area contributed by atoms with Crippen LogP contribution in [-0.4, -0.2) is 22.4 Å². The number of rotatable bonds is 6. The molecule has 1 aromatic carbocycles. The molecule has 0 aliphatic heterocycles. The van der Waals surface area contributed by atoms with Gasteiger partial charge in [0.15, 0.2) is 0 Å². The normalized spacial score (nSPS) is 12.3. The molecular formula is C18H21FN4S. The number of aromatic nitrogens is 2. The molecule has 3 rings (SSSR count). The molecule has 0 saturated carbocycles. The smallest absolute Gasteiger partial charge is 0.123 e. The lowest BCUT2D eigenvalue weighted by Crippen LogP contribution is -2.30. The Hall–Kier alpha value is -2.18. The molecule has 2 heterocycles. The highest BCUT2D eigenvalue weighted by molar-refractivity contribution is 7.16. The summed E-state index contributed by atoms with van der Waals surface area (Å²) >= 11 is 1.71. The number of thiophene rings is 1. The summed E-state index contributed by atoms with van der Waals surface area (Å²) in [6.45, 7) is 2.62. The van der Waals surface area contributed by atoms with E-state index in [0.717, 1.165) is 22.7 Å². The van der Waals surface area contributed by atoms with E-state index in [1.165, 1.54) is 22.6 Å². The third-order valence-electron chi connectivity index (χ3n) is 4.04. The van der Waals surface area contributed by atoms with Crippen molar-refractivity contribution in [2.45, 2.75) is 19.4 Å². The van der Waals surface area contributed by atoms with E-state index < -0.39 is 0 Å². The lowest BCUT2D eigenvalue weighted by atomic mass is 10.1. The van der Waals surface area contributed by atoms with E-state index >= 15 is 0 Å². The molecule has 0 aliphatic rings. The summed E-state index contributed by atoms with van der Waals surface area (Å²) < 4.78 is 14.9. The third-order valence-corrected chi connectivity index (χ3v) is 5.02. The van der Waals surface area contributed by atoms with Crippen molar-refractivity contribution in [1.82, 2.24) is 9.78 Å². The van der Waals surface area contributed by atoms with Crippen molar-refractivity contribution in [1.29, 1.82) is 0 Å². The first-order chi connectivity index (χ1) is 11.6. The number of nitrogens with one attached hydrogen (secondary N) is 1. The van der Waals surface area contributed by atoms with Gasteiger partial charge in [0.25, 0.3) is 0 Å². The van der Waals surface area contributed by atoms with Crippen molar-refractivity contribution in [2.24, 2.45) is 12.8 Å². The Morgan fingerprint density at radius 3 is 2.67 bits per heavy atom. The molecule has 6 heteroatoms. The van der Waals surface area contributed by atoms with Gasteiger partial charge in [-0.3, -0.25) is 4.68 Å². The van der Waals surface area contributed by atoms with Crippen LogP contribution in [0.25, 0.3) is 11.3 Å². The van der Waals surface area contributed by atoms with Crippen LogP contribution >= 0.6 is 11.3 Å². The summed E-state index contributed by atoms with van der Waals surface area (Å²) in [6.07, 6.45) is 2.56. The maximum absolute atomic E-state index is 13.0. The van der Waals surface area contributed by atoms with Gasteiger partial charge in [-0.05, 0) is 43.2 Å². The van der Waals surface area contributed by atoms with Crippen LogP contribution in [0.15, 0.2) is 42.6 Å². The molecule has 0 saturated heterocycles. The summed E-state index contributed by atoms with van der Waals surface area (Å²) in [5, 5.41) is 8.82. The molecule has 0 amide bonds. The SMILES string of the molecule is Cc1sc(N[C@H](CN)Cc2ccc(F)cc2)cc1-c1ccnn1C. The molecule has 2 aromatic heterocycles.